The number of rotatable bonds is 6. The smallest absolute Gasteiger partial charge is 0.243 e. The van der Waals surface area contributed by atoms with Gasteiger partial charge < -0.3 is 4.57 Å². The number of ketones is 1. The summed E-state index contributed by atoms with van der Waals surface area (Å²) in [6.07, 6.45) is 0. The van der Waals surface area contributed by atoms with Crippen molar-refractivity contribution in [3.63, 3.8) is 0 Å². The fourth-order valence-electron chi connectivity index (χ4n) is 4.32. The number of hydrogen-bond donors (Lipinski definition) is 0. The second kappa shape index (κ2) is 9.43. The number of benzene rings is 2. The van der Waals surface area contributed by atoms with Gasteiger partial charge >= 0.3 is 0 Å². The van der Waals surface area contributed by atoms with Gasteiger partial charge in [-0.15, -0.1) is 0 Å². The van der Waals surface area contributed by atoms with E-state index >= 15 is 0 Å². The van der Waals surface area contributed by atoms with Crippen LogP contribution < -0.4 is 0 Å². The molecule has 0 amide bonds. The van der Waals surface area contributed by atoms with Crippen LogP contribution in [0.4, 0.5) is 0 Å². The molecule has 174 valence electrons. The van der Waals surface area contributed by atoms with Gasteiger partial charge in [-0.25, -0.2) is 8.42 Å². The van der Waals surface area contributed by atoms with E-state index in [4.69, 9.17) is 11.6 Å². The van der Waals surface area contributed by atoms with Crippen LogP contribution in [0.3, 0.4) is 0 Å². The lowest BCUT2D eigenvalue weighted by Gasteiger charge is -2.33. The lowest BCUT2D eigenvalue weighted by atomic mass is 10.1. The van der Waals surface area contributed by atoms with E-state index in [0.717, 1.165) is 22.6 Å². The molecule has 2 aromatic carbocycles. The van der Waals surface area contributed by atoms with Crippen molar-refractivity contribution in [1.82, 2.24) is 13.8 Å². The fraction of sp³-hybridized carbons (Fsp3) is 0.320. The molecule has 2 heterocycles. The Labute approximate surface area is 200 Å². The molecule has 1 saturated heterocycles. The minimum Gasteiger partial charge on any atom is -0.318 e. The first-order chi connectivity index (χ1) is 15.7. The minimum atomic E-state index is -3.61. The second-order valence-corrected chi connectivity index (χ2v) is 10.8. The Morgan fingerprint density at radius 1 is 0.939 bits per heavy atom. The van der Waals surface area contributed by atoms with Crippen LogP contribution in [0.2, 0.25) is 5.02 Å². The summed E-state index contributed by atoms with van der Waals surface area (Å²) in [7, 11) is -3.61. The van der Waals surface area contributed by atoms with Crippen LogP contribution in [0.25, 0.3) is 5.69 Å². The number of piperazine rings is 1. The number of carbonyl (C=O) groups is 1. The Morgan fingerprint density at radius 3 is 2.24 bits per heavy atom. The molecule has 1 aromatic heterocycles. The van der Waals surface area contributed by atoms with Crippen LogP contribution in [0.15, 0.2) is 59.5 Å². The van der Waals surface area contributed by atoms with Crippen LogP contribution >= 0.6 is 11.6 Å². The van der Waals surface area contributed by atoms with E-state index in [2.05, 4.69) is 4.57 Å². The highest BCUT2D eigenvalue weighted by molar-refractivity contribution is 7.89. The van der Waals surface area contributed by atoms with E-state index < -0.39 is 10.0 Å². The van der Waals surface area contributed by atoms with Crippen molar-refractivity contribution >= 4 is 27.4 Å². The Balaban J connectivity index is 1.42. The molecule has 33 heavy (non-hydrogen) atoms. The predicted molar refractivity (Wildman–Crippen MR) is 131 cm³/mol. The van der Waals surface area contributed by atoms with E-state index in [0.29, 0.717) is 36.8 Å². The number of Topliss-reactive ketones (excluding diaryl/α,β-unsaturated/α-hetero) is 1. The zero-order valence-corrected chi connectivity index (χ0v) is 20.7. The summed E-state index contributed by atoms with van der Waals surface area (Å²) >= 11 is 6.13. The monoisotopic (exact) mass is 485 g/mol. The number of halogens is 1. The molecular weight excluding hydrogens is 458 g/mol. The molecule has 1 fully saturated rings. The molecule has 1 aliphatic rings. The van der Waals surface area contributed by atoms with Crippen molar-refractivity contribution in [3.05, 3.63) is 82.1 Å². The van der Waals surface area contributed by atoms with Gasteiger partial charge in [0, 0.05) is 53.8 Å². The maximum Gasteiger partial charge on any atom is 0.243 e. The summed E-state index contributed by atoms with van der Waals surface area (Å²) < 4.78 is 29.6. The first-order valence-electron chi connectivity index (χ1n) is 10.9. The number of aromatic nitrogens is 1. The zero-order chi connectivity index (χ0) is 23.8. The maximum absolute atomic E-state index is 13.1. The molecule has 0 N–H and O–H groups in total. The van der Waals surface area contributed by atoms with Crippen LogP contribution in [-0.4, -0.2) is 60.7 Å². The molecule has 0 bridgehead atoms. The molecule has 0 spiro atoms. The molecule has 3 aromatic rings. The first-order valence-corrected chi connectivity index (χ1v) is 12.8. The summed E-state index contributed by atoms with van der Waals surface area (Å²) in [6, 6.07) is 16.7. The quantitative estimate of drug-likeness (QED) is 0.490. The first kappa shape index (κ1) is 23.7. The summed E-state index contributed by atoms with van der Waals surface area (Å²) in [5.74, 6) is 0.0481. The third-order valence-corrected chi connectivity index (χ3v) is 8.53. The zero-order valence-electron chi connectivity index (χ0n) is 19.1. The molecule has 0 saturated carbocycles. The predicted octanol–water partition coefficient (Wildman–Crippen LogP) is 4.25. The van der Waals surface area contributed by atoms with Gasteiger partial charge in [0.25, 0.3) is 0 Å². The van der Waals surface area contributed by atoms with Gasteiger partial charge in [0.1, 0.15) is 0 Å². The lowest BCUT2D eigenvalue weighted by Crippen LogP contribution is -2.49. The van der Waals surface area contributed by atoms with Crippen molar-refractivity contribution < 1.29 is 13.2 Å². The Morgan fingerprint density at radius 2 is 1.61 bits per heavy atom. The van der Waals surface area contributed by atoms with Crippen LogP contribution in [-0.2, 0) is 10.0 Å². The highest BCUT2D eigenvalue weighted by Crippen LogP contribution is 2.24. The van der Waals surface area contributed by atoms with E-state index in [1.54, 1.807) is 12.1 Å². The van der Waals surface area contributed by atoms with Gasteiger partial charge in [0.15, 0.2) is 5.78 Å². The highest BCUT2D eigenvalue weighted by Gasteiger charge is 2.30. The van der Waals surface area contributed by atoms with Crippen molar-refractivity contribution in [2.24, 2.45) is 0 Å². The topological polar surface area (TPSA) is 62.6 Å². The molecule has 0 aliphatic carbocycles. The molecule has 4 rings (SSSR count). The lowest BCUT2D eigenvalue weighted by molar-refractivity contribution is 0.0901. The molecule has 6 nitrogen and oxygen atoms in total. The third kappa shape index (κ3) is 4.77. The molecule has 1 aliphatic heterocycles. The Hall–Kier alpha value is -2.45. The Kier molecular flexibility index (Phi) is 6.77. The van der Waals surface area contributed by atoms with E-state index in [-0.39, 0.29) is 17.2 Å². The van der Waals surface area contributed by atoms with Crippen molar-refractivity contribution in [2.45, 2.75) is 25.7 Å². The Bertz CT molecular complexity index is 1280. The average molecular weight is 486 g/mol. The number of sulfonamides is 1. The third-order valence-electron chi connectivity index (χ3n) is 6.23. The SMILES string of the molecule is Cc1ccc(S(=O)(=O)N2CCN(CC(=O)c3cc(C)n(-c4ccccc4)c3C)CC2)cc1Cl. The highest BCUT2D eigenvalue weighted by atomic mass is 35.5. The van der Waals surface area contributed by atoms with E-state index in [9.17, 15) is 13.2 Å². The largest absolute Gasteiger partial charge is 0.318 e. The molecule has 8 heteroatoms. The standard InChI is InChI=1S/C25H28ClN3O3S/c1-18-9-10-22(16-24(18)26)33(31,32)28-13-11-27(12-14-28)17-25(30)23-15-19(2)29(20(23)3)21-7-5-4-6-8-21/h4-10,15-16H,11-14,17H2,1-3H3. The molecule has 0 radical (unpaired) electrons. The fourth-order valence-corrected chi connectivity index (χ4v) is 6.01. The van der Waals surface area contributed by atoms with Gasteiger partial charge in [-0.2, -0.15) is 4.31 Å². The number of nitrogens with zero attached hydrogens (tertiary/aromatic N) is 3. The van der Waals surface area contributed by atoms with Crippen LogP contribution in [0, 0.1) is 20.8 Å². The number of hydrogen-bond acceptors (Lipinski definition) is 4. The van der Waals surface area contributed by atoms with Crippen LogP contribution in [0.1, 0.15) is 27.3 Å². The second-order valence-electron chi connectivity index (χ2n) is 8.47. The van der Waals surface area contributed by atoms with Gasteiger partial charge in [-0.1, -0.05) is 35.9 Å². The van der Waals surface area contributed by atoms with Gasteiger partial charge in [-0.05, 0) is 56.7 Å². The molecule has 0 unspecified atom stereocenters. The van der Waals surface area contributed by atoms with Crippen molar-refractivity contribution in [2.75, 3.05) is 32.7 Å². The number of para-hydroxylation sites is 1. The average Bonchev–Trinajstić information content (AvgIpc) is 3.10. The number of carbonyl (C=O) groups excluding carboxylic acids is 1. The van der Waals surface area contributed by atoms with Gasteiger partial charge in [-0.3, -0.25) is 9.69 Å². The molecule has 0 atom stereocenters. The van der Waals surface area contributed by atoms with E-state index in [1.165, 1.54) is 10.4 Å². The maximum atomic E-state index is 13.1. The van der Waals surface area contributed by atoms with Crippen LogP contribution in [0.5, 0.6) is 0 Å². The van der Waals surface area contributed by atoms with Crippen molar-refractivity contribution in [1.29, 1.82) is 0 Å². The summed E-state index contributed by atoms with van der Waals surface area (Å²) in [5.41, 5.74) is 4.50. The number of aryl methyl sites for hydroxylation is 2. The minimum absolute atomic E-state index is 0.0481. The molecular formula is C25H28ClN3O3S. The van der Waals surface area contributed by atoms with E-state index in [1.807, 2.05) is 62.1 Å². The van der Waals surface area contributed by atoms with Gasteiger partial charge in [0.2, 0.25) is 10.0 Å². The summed E-state index contributed by atoms with van der Waals surface area (Å²) in [5, 5.41) is 0.438. The summed E-state index contributed by atoms with van der Waals surface area (Å²) in [4.78, 5) is 15.3. The summed E-state index contributed by atoms with van der Waals surface area (Å²) in [6.45, 7) is 7.75. The normalized spacial score (nSPS) is 15.6. The van der Waals surface area contributed by atoms with Gasteiger partial charge in [0.05, 0.1) is 11.4 Å². The van der Waals surface area contributed by atoms with Crippen molar-refractivity contribution in [3.8, 4) is 5.69 Å².